The molecular formula is C19H20N6O3. The van der Waals surface area contributed by atoms with Gasteiger partial charge in [-0.05, 0) is 12.0 Å². The summed E-state index contributed by atoms with van der Waals surface area (Å²) >= 11 is 0. The standard InChI is InChI=1S/C19H20N6O3/c26-16-7-6-15(23-16)18(27)20-8-9-25-17-14(10-22-25)19(28)24(12-21-17)11-13-4-2-1-3-5-13/h1-5,10,12,15H,6-9,11H2,(H,20,27)(H,23,26). The van der Waals surface area contributed by atoms with E-state index in [1.54, 1.807) is 9.25 Å². The first kappa shape index (κ1) is 17.9. The van der Waals surface area contributed by atoms with Gasteiger partial charge in [-0.25, -0.2) is 9.67 Å². The Morgan fingerprint density at radius 3 is 2.82 bits per heavy atom. The summed E-state index contributed by atoms with van der Waals surface area (Å²) in [6.45, 7) is 1.15. The van der Waals surface area contributed by atoms with Gasteiger partial charge < -0.3 is 10.6 Å². The molecule has 0 aliphatic carbocycles. The van der Waals surface area contributed by atoms with Crippen molar-refractivity contribution in [2.45, 2.75) is 32.0 Å². The zero-order valence-corrected chi connectivity index (χ0v) is 15.2. The van der Waals surface area contributed by atoms with Gasteiger partial charge in [-0.3, -0.25) is 19.0 Å². The molecule has 0 bridgehead atoms. The molecule has 0 spiro atoms. The zero-order chi connectivity index (χ0) is 19.5. The SMILES string of the molecule is O=C1CCC(C(=O)NCCn2ncc3c(=O)n(Cc4ccccc4)cnc32)N1. The summed E-state index contributed by atoms with van der Waals surface area (Å²) in [5.74, 6) is -0.310. The Bertz CT molecular complexity index is 1070. The highest BCUT2D eigenvalue weighted by Crippen LogP contribution is 2.08. The first-order chi connectivity index (χ1) is 13.6. The van der Waals surface area contributed by atoms with Crippen LogP contribution in [0.1, 0.15) is 18.4 Å². The fraction of sp³-hybridized carbons (Fsp3) is 0.316. The molecule has 1 aromatic carbocycles. The van der Waals surface area contributed by atoms with Gasteiger partial charge in [0.1, 0.15) is 17.8 Å². The molecule has 9 heteroatoms. The monoisotopic (exact) mass is 380 g/mol. The van der Waals surface area contributed by atoms with E-state index in [1.807, 2.05) is 30.3 Å². The molecule has 1 aliphatic heterocycles. The van der Waals surface area contributed by atoms with Gasteiger partial charge in [0.05, 0.1) is 19.3 Å². The first-order valence-electron chi connectivity index (χ1n) is 9.14. The summed E-state index contributed by atoms with van der Waals surface area (Å²) in [7, 11) is 0. The third-order valence-corrected chi connectivity index (χ3v) is 4.75. The predicted molar refractivity (Wildman–Crippen MR) is 102 cm³/mol. The van der Waals surface area contributed by atoms with Crippen molar-refractivity contribution in [1.82, 2.24) is 30.0 Å². The van der Waals surface area contributed by atoms with Crippen LogP contribution in [0.25, 0.3) is 11.0 Å². The minimum absolute atomic E-state index is 0.103. The number of nitrogens with one attached hydrogen (secondary N) is 2. The molecule has 144 valence electrons. The average molecular weight is 380 g/mol. The summed E-state index contributed by atoms with van der Waals surface area (Å²) < 4.78 is 3.14. The maximum Gasteiger partial charge on any atom is 0.264 e. The van der Waals surface area contributed by atoms with E-state index in [4.69, 9.17) is 0 Å². The minimum atomic E-state index is -0.467. The van der Waals surface area contributed by atoms with Crippen molar-refractivity contribution in [3.63, 3.8) is 0 Å². The normalized spacial score (nSPS) is 16.3. The van der Waals surface area contributed by atoms with Gasteiger partial charge >= 0.3 is 0 Å². The van der Waals surface area contributed by atoms with E-state index in [0.29, 0.717) is 43.5 Å². The number of hydrogen-bond acceptors (Lipinski definition) is 5. The number of hydrogen-bond donors (Lipinski definition) is 2. The van der Waals surface area contributed by atoms with Crippen molar-refractivity contribution >= 4 is 22.8 Å². The highest BCUT2D eigenvalue weighted by Gasteiger charge is 2.26. The Balaban J connectivity index is 1.43. The highest BCUT2D eigenvalue weighted by molar-refractivity contribution is 5.90. The molecule has 1 saturated heterocycles. The Morgan fingerprint density at radius 1 is 1.25 bits per heavy atom. The van der Waals surface area contributed by atoms with Crippen LogP contribution in [-0.4, -0.2) is 43.7 Å². The lowest BCUT2D eigenvalue weighted by molar-refractivity contribution is -0.125. The number of benzene rings is 1. The van der Waals surface area contributed by atoms with E-state index < -0.39 is 6.04 Å². The van der Waals surface area contributed by atoms with E-state index in [-0.39, 0.29) is 17.4 Å². The van der Waals surface area contributed by atoms with Crippen LogP contribution >= 0.6 is 0 Å². The Labute approximate surface area is 160 Å². The van der Waals surface area contributed by atoms with Crippen molar-refractivity contribution in [3.05, 3.63) is 58.8 Å². The lowest BCUT2D eigenvalue weighted by Gasteiger charge is -2.11. The van der Waals surface area contributed by atoms with Crippen LogP contribution in [0.2, 0.25) is 0 Å². The van der Waals surface area contributed by atoms with Gasteiger partial charge in [-0.2, -0.15) is 5.10 Å². The van der Waals surface area contributed by atoms with Gasteiger partial charge in [0, 0.05) is 13.0 Å². The van der Waals surface area contributed by atoms with Crippen molar-refractivity contribution in [2.24, 2.45) is 0 Å². The topological polar surface area (TPSA) is 111 Å². The zero-order valence-electron chi connectivity index (χ0n) is 15.2. The second kappa shape index (κ2) is 7.63. The molecule has 4 rings (SSSR count). The number of amides is 2. The Morgan fingerprint density at radius 2 is 2.07 bits per heavy atom. The Kier molecular flexibility index (Phi) is 4.88. The maximum atomic E-state index is 12.7. The molecule has 2 aromatic heterocycles. The average Bonchev–Trinajstić information content (AvgIpc) is 3.32. The summed E-state index contributed by atoms with van der Waals surface area (Å²) in [5.41, 5.74) is 1.34. The smallest absolute Gasteiger partial charge is 0.264 e. The van der Waals surface area contributed by atoms with E-state index >= 15 is 0 Å². The predicted octanol–water partition coefficient (Wildman–Crippen LogP) is 0.0361. The lowest BCUT2D eigenvalue weighted by atomic mass is 10.2. The molecule has 0 radical (unpaired) electrons. The minimum Gasteiger partial charge on any atom is -0.352 e. The van der Waals surface area contributed by atoms with Crippen LogP contribution in [0.4, 0.5) is 0 Å². The van der Waals surface area contributed by atoms with E-state index in [0.717, 1.165) is 5.56 Å². The van der Waals surface area contributed by atoms with Crippen molar-refractivity contribution in [3.8, 4) is 0 Å². The van der Waals surface area contributed by atoms with E-state index in [1.165, 1.54) is 12.5 Å². The molecular weight excluding hydrogens is 360 g/mol. The number of aromatic nitrogens is 4. The van der Waals surface area contributed by atoms with Gasteiger partial charge in [0.2, 0.25) is 11.8 Å². The Hall–Kier alpha value is -3.49. The number of nitrogens with zero attached hydrogens (tertiary/aromatic N) is 4. The second-order valence-electron chi connectivity index (χ2n) is 6.72. The molecule has 1 fully saturated rings. The number of rotatable bonds is 6. The van der Waals surface area contributed by atoms with Crippen molar-refractivity contribution < 1.29 is 9.59 Å². The molecule has 0 saturated carbocycles. The van der Waals surface area contributed by atoms with Crippen LogP contribution in [-0.2, 0) is 22.7 Å². The molecule has 9 nitrogen and oxygen atoms in total. The summed E-state index contributed by atoms with van der Waals surface area (Å²) in [6.07, 6.45) is 3.91. The number of carbonyl (C=O) groups is 2. The fourth-order valence-corrected chi connectivity index (χ4v) is 3.27. The van der Waals surface area contributed by atoms with Crippen LogP contribution in [0.3, 0.4) is 0 Å². The van der Waals surface area contributed by atoms with Crippen LogP contribution in [0.5, 0.6) is 0 Å². The van der Waals surface area contributed by atoms with Crippen molar-refractivity contribution in [2.75, 3.05) is 6.54 Å². The first-order valence-corrected chi connectivity index (χ1v) is 9.14. The van der Waals surface area contributed by atoms with E-state index in [2.05, 4.69) is 20.7 Å². The molecule has 3 aromatic rings. The quantitative estimate of drug-likeness (QED) is 0.627. The molecule has 2 amide bonds. The third kappa shape index (κ3) is 3.64. The largest absolute Gasteiger partial charge is 0.352 e. The van der Waals surface area contributed by atoms with Crippen LogP contribution in [0, 0.1) is 0 Å². The van der Waals surface area contributed by atoms with Gasteiger partial charge in [0.15, 0.2) is 5.65 Å². The van der Waals surface area contributed by atoms with E-state index in [9.17, 15) is 14.4 Å². The van der Waals surface area contributed by atoms with Crippen LogP contribution < -0.4 is 16.2 Å². The number of fused-ring (bicyclic) bond motifs is 1. The maximum absolute atomic E-state index is 12.7. The third-order valence-electron chi connectivity index (χ3n) is 4.75. The van der Waals surface area contributed by atoms with Crippen molar-refractivity contribution in [1.29, 1.82) is 0 Å². The van der Waals surface area contributed by atoms with Gasteiger partial charge in [0.25, 0.3) is 5.56 Å². The molecule has 1 unspecified atom stereocenters. The highest BCUT2D eigenvalue weighted by atomic mass is 16.2. The molecule has 2 N–H and O–H groups in total. The number of carbonyl (C=O) groups excluding carboxylic acids is 2. The van der Waals surface area contributed by atoms with Crippen LogP contribution in [0.15, 0.2) is 47.7 Å². The van der Waals surface area contributed by atoms with Gasteiger partial charge in [-0.1, -0.05) is 30.3 Å². The summed E-state index contributed by atoms with van der Waals surface area (Å²) in [4.78, 5) is 40.3. The molecule has 1 atom stereocenters. The molecule has 3 heterocycles. The lowest BCUT2D eigenvalue weighted by Crippen LogP contribution is -2.42. The summed E-state index contributed by atoms with van der Waals surface area (Å²) in [5, 5.41) is 10.1. The fourth-order valence-electron chi connectivity index (χ4n) is 3.27. The summed E-state index contributed by atoms with van der Waals surface area (Å²) in [6, 6.07) is 9.22. The molecule has 1 aliphatic rings. The second-order valence-corrected chi connectivity index (χ2v) is 6.72. The van der Waals surface area contributed by atoms with Gasteiger partial charge in [-0.15, -0.1) is 0 Å². The molecule has 28 heavy (non-hydrogen) atoms.